The molecule has 0 N–H and O–H groups in total. The minimum atomic E-state index is 0.147. The summed E-state index contributed by atoms with van der Waals surface area (Å²) in [6.45, 7) is 0. The van der Waals surface area contributed by atoms with Gasteiger partial charge >= 0.3 is 0 Å². The molecule has 92 valence electrons. The van der Waals surface area contributed by atoms with Crippen LogP contribution >= 0.6 is 11.6 Å². The Hall–Kier alpha value is -1.02. The average molecular weight is 253 g/mol. The zero-order valence-corrected chi connectivity index (χ0v) is 10.8. The highest BCUT2D eigenvalue weighted by molar-refractivity contribution is 6.34. The standard InChI is InChI=1S/C14H17ClO2/c1-17-11-7-8-13(15)12(9-11)14(16)10-5-3-2-4-6-10/h7-10H,2-6H2,1H3. The molecule has 0 amide bonds. The molecule has 1 saturated carbocycles. The first kappa shape index (κ1) is 12.4. The predicted molar refractivity (Wildman–Crippen MR) is 68.9 cm³/mol. The number of ketones is 1. The predicted octanol–water partition coefficient (Wildman–Crippen LogP) is 4.11. The molecule has 2 rings (SSSR count). The van der Waals surface area contributed by atoms with E-state index in [9.17, 15) is 4.79 Å². The van der Waals surface area contributed by atoms with E-state index in [1.54, 1.807) is 25.3 Å². The third-order valence-electron chi connectivity index (χ3n) is 3.41. The van der Waals surface area contributed by atoms with Crippen LogP contribution in [-0.4, -0.2) is 12.9 Å². The molecule has 0 spiro atoms. The lowest BCUT2D eigenvalue weighted by Gasteiger charge is -2.20. The van der Waals surface area contributed by atoms with Crippen LogP contribution in [0.5, 0.6) is 5.75 Å². The van der Waals surface area contributed by atoms with E-state index in [2.05, 4.69) is 0 Å². The van der Waals surface area contributed by atoms with Crippen molar-refractivity contribution in [3.63, 3.8) is 0 Å². The van der Waals surface area contributed by atoms with Gasteiger partial charge in [0.1, 0.15) is 5.75 Å². The zero-order chi connectivity index (χ0) is 12.3. The van der Waals surface area contributed by atoms with Gasteiger partial charge in [-0.25, -0.2) is 0 Å². The molecule has 0 saturated heterocycles. The van der Waals surface area contributed by atoms with Gasteiger partial charge in [0.25, 0.3) is 0 Å². The number of ether oxygens (including phenoxy) is 1. The molecule has 1 aromatic carbocycles. The Morgan fingerprint density at radius 2 is 2.00 bits per heavy atom. The zero-order valence-electron chi connectivity index (χ0n) is 10.0. The van der Waals surface area contributed by atoms with E-state index in [-0.39, 0.29) is 11.7 Å². The molecule has 1 aliphatic rings. The summed E-state index contributed by atoms with van der Waals surface area (Å²) in [5, 5.41) is 0.529. The van der Waals surface area contributed by atoms with E-state index in [1.165, 1.54) is 6.42 Å². The maximum Gasteiger partial charge on any atom is 0.167 e. The second-order valence-corrected chi connectivity index (χ2v) is 4.95. The number of hydrogen-bond acceptors (Lipinski definition) is 2. The van der Waals surface area contributed by atoms with Gasteiger partial charge in [-0.3, -0.25) is 4.79 Å². The van der Waals surface area contributed by atoms with Crippen LogP contribution < -0.4 is 4.74 Å². The number of benzene rings is 1. The Balaban J connectivity index is 2.22. The molecule has 0 unspecified atom stereocenters. The van der Waals surface area contributed by atoms with Crippen molar-refractivity contribution in [2.24, 2.45) is 5.92 Å². The number of halogens is 1. The van der Waals surface area contributed by atoms with Crippen molar-refractivity contribution in [3.05, 3.63) is 28.8 Å². The first-order valence-corrected chi connectivity index (χ1v) is 6.48. The minimum absolute atomic E-state index is 0.147. The largest absolute Gasteiger partial charge is 0.497 e. The fraction of sp³-hybridized carbons (Fsp3) is 0.500. The summed E-state index contributed by atoms with van der Waals surface area (Å²) in [5.74, 6) is 1.01. The Bertz CT molecular complexity index is 409. The summed E-state index contributed by atoms with van der Waals surface area (Å²) in [4.78, 5) is 12.3. The van der Waals surface area contributed by atoms with Crippen LogP contribution in [0.3, 0.4) is 0 Å². The molecular formula is C14H17ClO2. The van der Waals surface area contributed by atoms with Gasteiger partial charge in [-0.1, -0.05) is 30.9 Å². The number of carbonyl (C=O) groups excluding carboxylic acids is 1. The Labute approximate surface area is 107 Å². The SMILES string of the molecule is COc1ccc(Cl)c(C(=O)C2CCCCC2)c1. The van der Waals surface area contributed by atoms with Crippen LogP contribution in [0.15, 0.2) is 18.2 Å². The van der Waals surface area contributed by atoms with Gasteiger partial charge in [-0.05, 0) is 31.0 Å². The van der Waals surface area contributed by atoms with Crippen molar-refractivity contribution in [2.45, 2.75) is 32.1 Å². The second kappa shape index (κ2) is 5.54. The minimum Gasteiger partial charge on any atom is -0.497 e. The van der Waals surface area contributed by atoms with Crippen LogP contribution in [-0.2, 0) is 0 Å². The maximum absolute atomic E-state index is 12.3. The molecule has 1 fully saturated rings. The summed E-state index contributed by atoms with van der Waals surface area (Å²) in [6, 6.07) is 5.26. The highest BCUT2D eigenvalue weighted by Gasteiger charge is 2.24. The number of carbonyl (C=O) groups is 1. The highest BCUT2D eigenvalue weighted by Crippen LogP contribution is 2.30. The fourth-order valence-corrected chi connectivity index (χ4v) is 2.62. The van der Waals surface area contributed by atoms with Gasteiger partial charge in [0.15, 0.2) is 5.78 Å². The van der Waals surface area contributed by atoms with E-state index in [4.69, 9.17) is 16.3 Å². The molecule has 17 heavy (non-hydrogen) atoms. The molecule has 2 nitrogen and oxygen atoms in total. The number of methoxy groups -OCH3 is 1. The van der Waals surface area contributed by atoms with Crippen molar-refractivity contribution in [1.29, 1.82) is 0 Å². The van der Waals surface area contributed by atoms with Crippen LogP contribution in [0.2, 0.25) is 5.02 Å². The first-order chi connectivity index (χ1) is 8.22. The van der Waals surface area contributed by atoms with Crippen molar-refractivity contribution >= 4 is 17.4 Å². The van der Waals surface area contributed by atoms with E-state index in [0.29, 0.717) is 16.3 Å². The number of hydrogen-bond donors (Lipinski definition) is 0. The van der Waals surface area contributed by atoms with Crippen LogP contribution in [0.4, 0.5) is 0 Å². The van der Waals surface area contributed by atoms with Gasteiger partial charge < -0.3 is 4.74 Å². The van der Waals surface area contributed by atoms with Crippen LogP contribution in [0.1, 0.15) is 42.5 Å². The molecule has 3 heteroatoms. The van der Waals surface area contributed by atoms with E-state index >= 15 is 0 Å². The Morgan fingerprint density at radius 1 is 1.29 bits per heavy atom. The van der Waals surface area contributed by atoms with Gasteiger partial charge in [-0.15, -0.1) is 0 Å². The van der Waals surface area contributed by atoms with Crippen LogP contribution in [0.25, 0.3) is 0 Å². The van der Waals surface area contributed by atoms with Crippen LogP contribution in [0, 0.1) is 5.92 Å². The smallest absolute Gasteiger partial charge is 0.167 e. The Morgan fingerprint density at radius 3 is 2.65 bits per heavy atom. The summed E-state index contributed by atoms with van der Waals surface area (Å²) in [7, 11) is 1.60. The van der Waals surface area contributed by atoms with E-state index in [1.807, 2.05) is 0 Å². The molecule has 0 bridgehead atoms. The van der Waals surface area contributed by atoms with Gasteiger partial charge in [-0.2, -0.15) is 0 Å². The van der Waals surface area contributed by atoms with Crippen molar-refractivity contribution in [3.8, 4) is 5.75 Å². The monoisotopic (exact) mass is 252 g/mol. The van der Waals surface area contributed by atoms with Crippen molar-refractivity contribution in [1.82, 2.24) is 0 Å². The highest BCUT2D eigenvalue weighted by atomic mass is 35.5. The van der Waals surface area contributed by atoms with E-state index in [0.717, 1.165) is 25.7 Å². The number of Topliss-reactive ketones (excluding diaryl/α,β-unsaturated/α-hetero) is 1. The van der Waals surface area contributed by atoms with Crippen molar-refractivity contribution < 1.29 is 9.53 Å². The van der Waals surface area contributed by atoms with Gasteiger partial charge in [0.2, 0.25) is 0 Å². The first-order valence-electron chi connectivity index (χ1n) is 6.10. The second-order valence-electron chi connectivity index (χ2n) is 4.54. The maximum atomic E-state index is 12.3. The normalized spacial score (nSPS) is 16.8. The summed E-state index contributed by atoms with van der Waals surface area (Å²) < 4.78 is 5.14. The third kappa shape index (κ3) is 2.81. The molecule has 0 aliphatic heterocycles. The van der Waals surface area contributed by atoms with Gasteiger partial charge in [0.05, 0.1) is 12.1 Å². The lowest BCUT2D eigenvalue weighted by molar-refractivity contribution is 0.0889. The number of rotatable bonds is 3. The van der Waals surface area contributed by atoms with Crippen molar-refractivity contribution in [2.75, 3.05) is 7.11 Å². The summed E-state index contributed by atoms with van der Waals surface area (Å²) >= 11 is 6.09. The molecular weight excluding hydrogens is 236 g/mol. The van der Waals surface area contributed by atoms with E-state index < -0.39 is 0 Å². The topological polar surface area (TPSA) is 26.3 Å². The molecule has 1 aliphatic carbocycles. The molecule has 0 heterocycles. The lowest BCUT2D eigenvalue weighted by Crippen LogP contribution is -2.18. The molecule has 0 radical (unpaired) electrons. The summed E-state index contributed by atoms with van der Waals surface area (Å²) in [6.07, 6.45) is 5.53. The van der Waals surface area contributed by atoms with Gasteiger partial charge in [0, 0.05) is 11.5 Å². The molecule has 0 aromatic heterocycles. The third-order valence-corrected chi connectivity index (χ3v) is 3.74. The lowest BCUT2D eigenvalue weighted by atomic mass is 9.84. The Kier molecular flexibility index (Phi) is 4.06. The molecule has 0 atom stereocenters. The summed E-state index contributed by atoms with van der Waals surface area (Å²) in [5.41, 5.74) is 0.609. The fourth-order valence-electron chi connectivity index (χ4n) is 2.40. The quantitative estimate of drug-likeness (QED) is 0.757. The molecule has 1 aromatic rings. The average Bonchev–Trinajstić information content (AvgIpc) is 2.39.